The van der Waals surface area contributed by atoms with Crippen LogP contribution >= 0.6 is 11.8 Å². The fraction of sp³-hybridized carbons (Fsp3) is 0.355. The summed E-state index contributed by atoms with van der Waals surface area (Å²) >= 11 is 1.51. The zero-order valence-corrected chi connectivity index (χ0v) is 22.0. The zero-order valence-electron chi connectivity index (χ0n) is 21.2. The fourth-order valence-corrected chi connectivity index (χ4v) is 5.69. The average molecular weight is 519 g/mol. The first-order chi connectivity index (χ1) is 18.1. The van der Waals surface area contributed by atoms with Gasteiger partial charge >= 0.3 is 0 Å². The quantitative estimate of drug-likeness (QED) is 0.331. The molecule has 4 nitrogen and oxygen atoms in total. The Hall–Kier alpha value is -3.12. The predicted molar refractivity (Wildman–Crippen MR) is 149 cm³/mol. The van der Waals surface area contributed by atoms with Crippen molar-refractivity contribution in [2.45, 2.75) is 62.9 Å². The third kappa shape index (κ3) is 8.19. The molecule has 0 radical (unpaired) electrons. The molecule has 1 aliphatic carbocycles. The van der Waals surface area contributed by atoms with Crippen molar-refractivity contribution >= 4 is 23.6 Å². The van der Waals surface area contributed by atoms with Crippen molar-refractivity contribution in [3.8, 4) is 0 Å². The van der Waals surface area contributed by atoms with E-state index in [-0.39, 0.29) is 36.0 Å². The highest BCUT2D eigenvalue weighted by Gasteiger charge is 2.32. The number of halogens is 1. The minimum absolute atomic E-state index is 0.0486. The van der Waals surface area contributed by atoms with Crippen molar-refractivity contribution in [1.82, 2.24) is 10.2 Å². The third-order valence-electron chi connectivity index (χ3n) is 6.86. The number of carbonyl (C=O) groups is 2. The topological polar surface area (TPSA) is 49.4 Å². The van der Waals surface area contributed by atoms with E-state index in [0.29, 0.717) is 17.7 Å². The first kappa shape index (κ1) is 26.9. The van der Waals surface area contributed by atoms with Crippen LogP contribution in [0.3, 0.4) is 0 Å². The van der Waals surface area contributed by atoms with Gasteiger partial charge in [-0.2, -0.15) is 0 Å². The summed E-state index contributed by atoms with van der Waals surface area (Å²) in [7, 11) is 0. The molecule has 37 heavy (non-hydrogen) atoms. The van der Waals surface area contributed by atoms with Crippen LogP contribution in [0.2, 0.25) is 0 Å². The maximum atomic E-state index is 14.7. The molecule has 194 valence electrons. The summed E-state index contributed by atoms with van der Waals surface area (Å²) in [5.74, 6) is 0.212. The Morgan fingerprint density at radius 3 is 2.16 bits per heavy atom. The molecule has 3 aromatic carbocycles. The Kier molecular flexibility index (Phi) is 10.2. The highest BCUT2D eigenvalue weighted by Crippen LogP contribution is 2.22. The minimum atomic E-state index is -0.728. The molecule has 1 atom stereocenters. The Bertz CT molecular complexity index is 1140. The highest BCUT2D eigenvalue weighted by atomic mass is 32.2. The van der Waals surface area contributed by atoms with Crippen LogP contribution in [-0.2, 0) is 28.3 Å². The summed E-state index contributed by atoms with van der Waals surface area (Å²) < 4.78 is 14.7. The Labute approximate surface area is 223 Å². The third-order valence-corrected chi connectivity index (χ3v) is 7.85. The molecule has 1 fully saturated rings. The summed E-state index contributed by atoms with van der Waals surface area (Å²) in [5.41, 5.74) is 2.51. The number of rotatable bonds is 11. The van der Waals surface area contributed by atoms with Crippen LogP contribution in [0.15, 0.2) is 84.9 Å². The smallest absolute Gasteiger partial charge is 0.243 e. The lowest BCUT2D eigenvalue weighted by atomic mass is 9.94. The highest BCUT2D eigenvalue weighted by molar-refractivity contribution is 7.99. The van der Waals surface area contributed by atoms with Gasteiger partial charge in [0.25, 0.3) is 0 Å². The number of thioether (sulfide) groups is 1. The molecule has 4 rings (SSSR count). The first-order valence-electron chi connectivity index (χ1n) is 13.1. The van der Waals surface area contributed by atoms with Crippen LogP contribution in [0.25, 0.3) is 0 Å². The van der Waals surface area contributed by atoms with E-state index >= 15 is 0 Å². The number of benzene rings is 3. The monoisotopic (exact) mass is 518 g/mol. The number of amides is 2. The zero-order chi connectivity index (χ0) is 25.9. The van der Waals surface area contributed by atoms with Crippen LogP contribution in [0, 0.1) is 5.82 Å². The van der Waals surface area contributed by atoms with E-state index < -0.39 is 6.04 Å². The number of nitrogens with one attached hydrogen (secondary N) is 1. The molecular formula is C31H35FN2O2S. The molecule has 0 aromatic heterocycles. The second-order valence-electron chi connectivity index (χ2n) is 9.64. The molecule has 1 saturated carbocycles. The number of carbonyl (C=O) groups excluding carboxylic acids is 2. The van der Waals surface area contributed by atoms with E-state index in [4.69, 9.17) is 0 Å². The largest absolute Gasteiger partial charge is 0.352 e. The van der Waals surface area contributed by atoms with Crippen molar-refractivity contribution in [2.24, 2.45) is 0 Å². The molecule has 0 saturated heterocycles. The molecule has 0 heterocycles. The predicted octanol–water partition coefficient (Wildman–Crippen LogP) is 6.15. The molecule has 0 unspecified atom stereocenters. The van der Waals surface area contributed by atoms with Crippen molar-refractivity contribution in [3.63, 3.8) is 0 Å². The molecule has 6 heteroatoms. The van der Waals surface area contributed by atoms with Gasteiger partial charge in [-0.05, 0) is 30.0 Å². The fourth-order valence-electron chi connectivity index (χ4n) is 4.82. The van der Waals surface area contributed by atoms with Gasteiger partial charge in [0.1, 0.15) is 11.9 Å². The minimum Gasteiger partial charge on any atom is -0.352 e. The van der Waals surface area contributed by atoms with Gasteiger partial charge in [-0.3, -0.25) is 9.59 Å². The lowest BCUT2D eigenvalue weighted by Crippen LogP contribution is -2.53. The molecule has 0 bridgehead atoms. The summed E-state index contributed by atoms with van der Waals surface area (Å²) in [6.07, 6.45) is 5.68. The standard InChI is InChI=1S/C31H35FN2O2S/c32-28-19-11-10-16-26(28)21-34(30(35)23-37-22-25-14-6-2-7-15-25)29(20-24-12-4-1-5-13-24)31(36)33-27-17-8-3-9-18-27/h1-2,4-7,10-16,19,27,29H,3,8-9,17-18,20-23H2,(H,33,36)/t29-/m1/s1. The summed E-state index contributed by atoms with van der Waals surface area (Å²) in [6.45, 7) is 0.0486. The van der Waals surface area contributed by atoms with Crippen LogP contribution in [-0.4, -0.2) is 34.6 Å². The van der Waals surface area contributed by atoms with Crippen LogP contribution < -0.4 is 5.32 Å². The first-order valence-corrected chi connectivity index (χ1v) is 14.2. The molecule has 3 aromatic rings. The van der Waals surface area contributed by atoms with Gasteiger partial charge in [0.15, 0.2) is 0 Å². The van der Waals surface area contributed by atoms with Gasteiger partial charge in [-0.1, -0.05) is 98.1 Å². The Morgan fingerprint density at radius 2 is 1.49 bits per heavy atom. The van der Waals surface area contributed by atoms with E-state index in [9.17, 15) is 14.0 Å². The Morgan fingerprint density at radius 1 is 0.865 bits per heavy atom. The van der Waals surface area contributed by atoms with Gasteiger partial charge in [0.2, 0.25) is 11.8 Å². The summed E-state index contributed by atoms with van der Waals surface area (Å²) in [6, 6.07) is 25.6. The van der Waals surface area contributed by atoms with Crippen molar-refractivity contribution in [3.05, 3.63) is 107 Å². The van der Waals surface area contributed by atoms with E-state index in [1.807, 2.05) is 60.7 Å². The summed E-state index contributed by atoms with van der Waals surface area (Å²) in [5, 5.41) is 3.22. The van der Waals surface area contributed by atoms with E-state index in [1.165, 1.54) is 24.2 Å². The molecule has 0 aliphatic heterocycles. The van der Waals surface area contributed by atoms with Crippen LogP contribution in [0.1, 0.15) is 48.8 Å². The molecular weight excluding hydrogens is 483 g/mol. The van der Waals surface area contributed by atoms with Crippen LogP contribution in [0.4, 0.5) is 4.39 Å². The van der Waals surface area contributed by atoms with E-state index in [2.05, 4.69) is 5.32 Å². The van der Waals surface area contributed by atoms with Crippen molar-refractivity contribution in [1.29, 1.82) is 0 Å². The number of hydrogen-bond acceptors (Lipinski definition) is 3. The van der Waals surface area contributed by atoms with Gasteiger partial charge in [0, 0.05) is 30.3 Å². The average Bonchev–Trinajstić information content (AvgIpc) is 2.93. The molecule has 1 aliphatic rings. The Balaban J connectivity index is 1.57. The normalized spacial score (nSPS) is 14.6. The lowest BCUT2D eigenvalue weighted by molar-refractivity contribution is -0.139. The van der Waals surface area contributed by atoms with Gasteiger partial charge < -0.3 is 10.2 Å². The van der Waals surface area contributed by atoms with Gasteiger partial charge in [-0.15, -0.1) is 11.8 Å². The molecule has 0 spiro atoms. The van der Waals surface area contributed by atoms with Gasteiger partial charge in [0.05, 0.1) is 5.75 Å². The SMILES string of the molecule is O=C(NC1CCCCC1)[C@@H](Cc1ccccc1)N(Cc1ccccc1F)C(=O)CSCc1ccccc1. The maximum absolute atomic E-state index is 14.7. The number of nitrogens with zero attached hydrogens (tertiary/aromatic N) is 1. The molecule has 1 N–H and O–H groups in total. The maximum Gasteiger partial charge on any atom is 0.243 e. The van der Waals surface area contributed by atoms with Gasteiger partial charge in [-0.25, -0.2) is 4.39 Å². The van der Waals surface area contributed by atoms with E-state index in [0.717, 1.165) is 36.8 Å². The van der Waals surface area contributed by atoms with Crippen molar-refractivity contribution in [2.75, 3.05) is 5.75 Å². The lowest BCUT2D eigenvalue weighted by Gasteiger charge is -2.33. The van der Waals surface area contributed by atoms with Crippen LogP contribution in [0.5, 0.6) is 0 Å². The summed E-state index contributed by atoms with van der Waals surface area (Å²) in [4.78, 5) is 29.0. The second kappa shape index (κ2) is 14.0. The second-order valence-corrected chi connectivity index (χ2v) is 10.6. The van der Waals surface area contributed by atoms with Crippen molar-refractivity contribution < 1.29 is 14.0 Å². The number of hydrogen-bond donors (Lipinski definition) is 1. The molecule has 2 amide bonds. The van der Waals surface area contributed by atoms with E-state index in [1.54, 1.807) is 23.1 Å².